The average Bonchev–Trinajstić information content (AvgIpc) is 3.29. The van der Waals surface area contributed by atoms with Gasteiger partial charge in [-0.15, -0.1) is 0 Å². The van der Waals surface area contributed by atoms with Crippen molar-refractivity contribution in [3.05, 3.63) is 47.7 Å². The number of ether oxygens (including phenoxy) is 1. The van der Waals surface area contributed by atoms with Crippen LogP contribution in [0, 0.1) is 6.92 Å². The Kier molecular flexibility index (Phi) is 4.77. The Balaban J connectivity index is 1.48. The second-order valence-electron chi connectivity index (χ2n) is 6.89. The maximum absolute atomic E-state index is 12.9. The number of anilines is 1. The first kappa shape index (κ1) is 17.5. The molecule has 4 rings (SSSR count). The number of nitrogens with zero attached hydrogens (tertiary/aromatic N) is 3. The molecule has 1 aliphatic heterocycles. The molecule has 0 spiro atoms. The Morgan fingerprint density at radius 1 is 1.37 bits per heavy atom. The molecule has 0 aliphatic carbocycles. The maximum atomic E-state index is 12.9. The largest absolute Gasteiger partial charge is 0.497 e. The summed E-state index contributed by atoms with van der Waals surface area (Å²) in [5.41, 5.74) is 2.73. The van der Waals surface area contributed by atoms with E-state index in [4.69, 9.17) is 4.74 Å². The minimum absolute atomic E-state index is 0.0237. The van der Waals surface area contributed by atoms with Crippen molar-refractivity contribution < 1.29 is 9.53 Å². The molecule has 7 nitrogen and oxygen atoms in total. The molecule has 27 heavy (non-hydrogen) atoms. The van der Waals surface area contributed by atoms with Crippen molar-refractivity contribution in [1.82, 2.24) is 20.1 Å². The monoisotopic (exact) mass is 365 g/mol. The van der Waals surface area contributed by atoms with Crippen molar-refractivity contribution in [2.24, 2.45) is 0 Å². The number of carbonyl (C=O) groups is 1. The van der Waals surface area contributed by atoms with E-state index in [0.29, 0.717) is 11.5 Å². The summed E-state index contributed by atoms with van der Waals surface area (Å²) in [6.45, 7) is 3.54. The lowest BCUT2D eigenvalue weighted by atomic mass is 10.1. The molecule has 1 aliphatic rings. The number of methoxy groups -OCH3 is 1. The number of likely N-dealkylation sites (tertiary alicyclic amines) is 1. The van der Waals surface area contributed by atoms with Crippen LogP contribution >= 0.6 is 0 Å². The van der Waals surface area contributed by atoms with E-state index in [2.05, 4.69) is 31.5 Å². The second kappa shape index (κ2) is 7.36. The van der Waals surface area contributed by atoms with Gasteiger partial charge in [-0.3, -0.25) is 14.8 Å². The third-order valence-corrected chi connectivity index (χ3v) is 4.99. The van der Waals surface area contributed by atoms with Crippen LogP contribution in [0.4, 0.5) is 5.82 Å². The molecule has 7 heteroatoms. The van der Waals surface area contributed by atoms with Crippen molar-refractivity contribution in [3.8, 4) is 5.75 Å². The normalized spacial score (nSPS) is 17.3. The topological polar surface area (TPSA) is 83.1 Å². The van der Waals surface area contributed by atoms with Gasteiger partial charge in [-0.25, -0.2) is 4.98 Å². The van der Waals surface area contributed by atoms with Crippen LogP contribution in [0.25, 0.3) is 11.0 Å². The summed E-state index contributed by atoms with van der Waals surface area (Å²) in [6.07, 6.45) is 1.85. The Hall–Kier alpha value is -2.93. The standard InChI is InChI=1S/C20H23N5O2/c1-13-8-9-16-18(21-13)23-24-19(16)22-20(26)17-7-4-10-25(17)12-14-5-3-6-15(11-14)27-2/h3,5-6,8-9,11,17H,4,7,10,12H2,1-2H3,(H2,21,22,23,24,26). The predicted octanol–water partition coefficient (Wildman–Crippen LogP) is 2.88. The number of fused-ring (bicyclic) bond motifs is 1. The highest BCUT2D eigenvalue weighted by Gasteiger charge is 2.31. The molecule has 1 saturated heterocycles. The van der Waals surface area contributed by atoms with Crippen LogP contribution in [0.5, 0.6) is 5.75 Å². The van der Waals surface area contributed by atoms with E-state index in [1.54, 1.807) is 7.11 Å². The van der Waals surface area contributed by atoms with E-state index in [1.807, 2.05) is 37.3 Å². The van der Waals surface area contributed by atoms with Gasteiger partial charge in [-0.05, 0) is 56.1 Å². The summed E-state index contributed by atoms with van der Waals surface area (Å²) in [5, 5.41) is 10.9. The van der Waals surface area contributed by atoms with Crippen molar-refractivity contribution in [2.75, 3.05) is 19.0 Å². The fourth-order valence-corrected chi connectivity index (χ4v) is 3.62. The molecule has 3 heterocycles. The van der Waals surface area contributed by atoms with Crippen molar-refractivity contribution in [2.45, 2.75) is 32.4 Å². The minimum atomic E-state index is -0.165. The number of aromatic amines is 1. The number of aromatic nitrogens is 3. The quantitative estimate of drug-likeness (QED) is 0.726. The summed E-state index contributed by atoms with van der Waals surface area (Å²) in [7, 11) is 1.66. The van der Waals surface area contributed by atoms with Crippen molar-refractivity contribution >= 4 is 22.8 Å². The molecule has 1 amide bonds. The lowest BCUT2D eigenvalue weighted by Gasteiger charge is -2.23. The van der Waals surface area contributed by atoms with Gasteiger partial charge in [-0.2, -0.15) is 5.10 Å². The highest BCUT2D eigenvalue weighted by Crippen LogP contribution is 2.24. The van der Waals surface area contributed by atoms with Crippen LogP contribution in [0.15, 0.2) is 36.4 Å². The fourth-order valence-electron chi connectivity index (χ4n) is 3.62. The molecule has 1 aromatic carbocycles. The van der Waals surface area contributed by atoms with Crippen molar-refractivity contribution in [3.63, 3.8) is 0 Å². The Morgan fingerprint density at radius 2 is 2.26 bits per heavy atom. The van der Waals surface area contributed by atoms with Crippen LogP contribution in [-0.4, -0.2) is 45.7 Å². The van der Waals surface area contributed by atoms with E-state index in [1.165, 1.54) is 0 Å². The third kappa shape index (κ3) is 3.64. The zero-order chi connectivity index (χ0) is 18.8. The van der Waals surface area contributed by atoms with E-state index in [0.717, 1.165) is 48.3 Å². The van der Waals surface area contributed by atoms with Gasteiger partial charge in [0.1, 0.15) is 5.75 Å². The number of rotatable bonds is 5. The Labute approximate surface area is 157 Å². The highest BCUT2D eigenvalue weighted by atomic mass is 16.5. The first-order valence-electron chi connectivity index (χ1n) is 9.13. The number of aryl methyl sites for hydroxylation is 1. The average molecular weight is 365 g/mol. The SMILES string of the molecule is COc1cccc(CN2CCCC2C(=O)Nc2n[nH]c3nc(C)ccc23)c1. The van der Waals surface area contributed by atoms with Gasteiger partial charge in [-0.1, -0.05) is 12.1 Å². The van der Waals surface area contributed by atoms with Gasteiger partial charge >= 0.3 is 0 Å². The van der Waals surface area contributed by atoms with Gasteiger partial charge in [0.25, 0.3) is 0 Å². The van der Waals surface area contributed by atoms with E-state index >= 15 is 0 Å². The van der Waals surface area contributed by atoms with Gasteiger partial charge < -0.3 is 10.1 Å². The smallest absolute Gasteiger partial charge is 0.242 e. The number of benzene rings is 1. The van der Waals surface area contributed by atoms with Gasteiger partial charge in [0.2, 0.25) is 5.91 Å². The van der Waals surface area contributed by atoms with Crippen LogP contribution in [-0.2, 0) is 11.3 Å². The van der Waals surface area contributed by atoms with Crippen LogP contribution < -0.4 is 10.1 Å². The zero-order valence-corrected chi connectivity index (χ0v) is 15.5. The van der Waals surface area contributed by atoms with Crippen LogP contribution in [0.1, 0.15) is 24.1 Å². The first-order valence-corrected chi connectivity index (χ1v) is 9.13. The van der Waals surface area contributed by atoms with Gasteiger partial charge in [0.15, 0.2) is 11.5 Å². The summed E-state index contributed by atoms with van der Waals surface area (Å²) >= 11 is 0. The molecule has 140 valence electrons. The number of hydrogen-bond acceptors (Lipinski definition) is 5. The summed E-state index contributed by atoms with van der Waals surface area (Å²) in [6, 6.07) is 11.7. The lowest BCUT2D eigenvalue weighted by molar-refractivity contribution is -0.120. The fraction of sp³-hybridized carbons (Fsp3) is 0.350. The molecule has 2 N–H and O–H groups in total. The maximum Gasteiger partial charge on any atom is 0.242 e. The molecule has 0 bridgehead atoms. The number of hydrogen-bond donors (Lipinski definition) is 2. The molecule has 0 saturated carbocycles. The third-order valence-electron chi connectivity index (χ3n) is 4.99. The molecule has 1 unspecified atom stereocenters. The summed E-state index contributed by atoms with van der Waals surface area (Å²) in [4.78, 5) is 19.5. The van der Waals surface area contributed by atoms with E-state index in [9.17, 15) is 4.79 Å². The van der Waals surface area contributed by atoms with E-state index < -0.39 is 0 Å². The van der Waals surface area contributed by atoms with Crippen LogP contribution in [0.2, 0.25) is 0 Å². The molecule has 1 fully saturated rings. The number of nitrogens with one attached hydrogen (secondary N) is 2. The number of pyridine rings is 1. The van der Waals surface area contributed by atoms with Crippen LogP contribution in [0.3, 0.4) is 0 Å². The summed E-state index contributed by atoms with van der Waals surface area (Å²) < 4.78 is 5.30. The molecule has 3 aromatic rings. The van der Waals surface area contributed by atoms with E-state index in [-0.39, 0.29) is 11.9 Å². The lowest BCUT2D eigenvalue weighted by Crippen LogP contribution is -2.39. The molecular weight excluding hydrogens is 342 g/mol. The number of H-pyrrole nitrogens is 1. The Bertz CT molecular complexity index is 968. The number of carbonyl (C=O) groups excluding carboxylic acids is 1. The number of amides is 1. The zero-order valence-electron chi connectivity index (χ0n) is 15.5. The molecule has 0 radical (unpaired) electrons. The minimum Gasteiger partial charge on any atom is -0.497 e. The summed E-state index contributed by atoms with van der Waals surface area (Å²) in [5.74, 6) is 1.35. The predicted molar refractivity (Wildman–Crippen MR) is 104 cm³/mol. The Morgan fingerprint density at radius 3 is 3.11 bits per heavy atom. The van der Waals surface area contributed by atoms with Gasteiger partial charge in [0, 0.05) is 12.2 Å². The molecule has 1 atom stereocenters. The highest BCUT2D eigenvalue weighted by molar-refractivity contribution is 6.01. The molecular formula is C20H23N5O2. The second-order valence-corrected chi connectivity index (χ2v) is 6.89. The van der Waals surface area contributed by atoms with Crippen molar-refractivity contribution in [1.29, 1.82) is 0 Å². The van der Waals surface area contributed by atoms with Gasteiger partial charge in [0.05, 0.1) is 18.5 Å². The first-order chi connectivity index (χ1) is 13.1. The molecule has 2 aromatic heterocycles.